The molecule has 124 valence electrons. The van der Waals surface area contributed by atoms with E-state index in [1.54, 1.807) is 18.2 Å². The first-order valence-electron chi connectivity index (χ1n) is 7.64. The minimum atomic E-state index is -0.544. The molecule has 0 aromatic heterocycles. The highest BCUT2D eigenvalue weighted by molar-refractivity contribution is 6.35. The standard InChI is InChI=1S/C16H23Cl2NO3/c1-2-21-10-12-5-6-19(8-12)9-14(20)11-22-16-4-3-13(17)7-15(16)18/h3-4,7,12,14,20H,2,5-6,8-11H2,1H3. The van der Waals surface area contributed by atoms with E-state index in [0.29, 0.717) is 28.3 Å². The highest BCUT2D eigenvalue weighted by Gasteiger charge is 2.24. The maximum atomic E-state index is 10.1. The van der Waals surface area contributed by atoms with E-state index in [0.717, 1.165) is 32.7 Å². The smallest absolute Gasteiger partial charge is 0.138 e. The van der Waals surface area contributed by atoms with Gasteiger partial charge in [-0.1, -0.05) is 23.2 Å². The Kier molecular flexibility index (Phi) is 7.25. The van der Waals surface area contributed by atoms with E-state index < -0.39 is 6.10 Å². The Morgan fingerprint density at radius 2 is 2.23 bits per heavy atom. The normalized spacial score (nSPS) is 20.3. The fraction of sp³-hybridized carbons (Fsp3) is 0.625. The topological polar surface area (TPSA) is 41.9 Å². The summed E-state index contributed by atoms with van der Waals surface area (Å²) < 4.78 is 11.0. The van der Waals surface area contributed by atoms with Crippen LogP contribution >= 0.6 is 23.2 Å². The number of aliphatic hydroxyl groups is 1. The Morgan fingerprint density at radius 3 is 2.95 bits per heavy atom. The second kappa shape index (κ2) is 8.94. The van der Waals surface area contributed by atoms with E-state index >= 15 is 0 Å². The van der Waals surface area contributed by atoms with Gasteiger partial charge in [-0.25, -0.2) is 0 Å². The Labute approximate surface area is 141 Å². The Bertz CT molecular complexity index is 473. The summed E-state index contributed by atoms with van der Waals surface area (Å²) in [4.78, 5) is 2.25. The van der Waals surface area contributed by atoms with Crippen LogP contribution in [-0.2, 0) is 4.74 Å². The molecule has 2 unspecified atom stereocenters. The highest BCUT2D eigenvalue weighted by Crippen LogP contribution is 2.27. The number of rotatable bonds is 8. The quantitative estimate of drug-likeness (QED) is 0.784. The number of likely N-dealkylation sites (tertiary alicyclic amines) is 1. The van der Waals surface area contributed by atoms with Gasteiger partial charge in [-0.2, -0.15) is 0 Å². The largest absolute Gasteiger partial charge is 0.489 e. The molecular weight excluding hydrogens is 325 g/mol. The first kappa shape index (κ1) is 17.8. The van der Waals surface area contributed by atoms with Crippen molar-refractivity contribution in [1.29, 1.82) is 0 Å². The minimum Gasteiger partial charge on any atom is -0.489 e. The molecule has 4 nitrogen and oxygen atoms in total. The van der Waals surface area contributed by atoms with Crippen LogP contribution in [-0.4, -0.2) is 55.6 Å². The van der Waals surface area contributed by atoms with E-state index in [4.69, 9.17) is 32.7 Å². The maximum absolute atomic E-state index is 10.1. The Balaban J connectivity index is 1.71. The van der Waals surface area contributed by atoms with Gasteiger partial charge in [0, 0.05) is 24.7 Å². The molecule has 1 heterocycles. The van der Waals surface area contributed by atoms with Crippen molar-refractivity contribution in [2.45, 2.75) is 19.4 Å². The molecule has 0 spiro atoms. The van der Waals surface area contributed by atoms with Gasteiger partial charge >= 0.3 is 0 Å². The minimum absolute atomic E-state index is 0.216. The molecular formula is C16H23Cl2NO3. The van der Waals surface area contributed by atoms with Crippen LogP contribution < -0.4 is 4.74 Å². The summed E-state index contributed by atoms with van der Waals surface area (Å²) in [5.74, 6) is 1.11. The molecule has 1 aliphatic heterocycles. The van der Waals surface area contributed by atoms with Crippen molar-refractivity contribution < 1.29 is 14.6 Å². The molecule has 1 aromatic carbocycles. The molecule has 1 fully saturated rings. The first-order valence-corrected chi connectivity index (χ1v) is 8.40. The molecule has 22 heavy (non-hydrogen) atoms. The van der Waals surface area contributed by atoms with Crippen molar-refractivity contribution >= 4 is 23.2 Å². The van der Waals surface area contributed by atoms with Gasteiger partial charge in [0.05, 0.1) is 11.6 Å². The Morgan fingerprint density at radius 1 is 1.41 bits per heavy atom. The van der Waals surface area contributed by atoms with Crippen molar-refractivity contribution in [3.63, 3.8) is 0 Å². The lowest BCUT2D eigenvalue weighted by Gasteiger charge is -2.20. The fourth-order valence-electron chi connectivity index (χ4n) is 2.63. The summed E-state index contributed by atoms with van der Waals surface area (Å²) in [5.41, 5.74) is 0. The van der Waals surface area contributed by atoms with Crippen molar-refractivity contribution in [2.75, 3.05) is 39.5 Å². The summed E-state index contributed by atoms with van der Waals surface area (Å²) >= 11 is 11.9. The SMILES string of the molecule is CCOCC1CCN(CC(O)COc2ccc(Cl)cc2Cl)C1. The van der Waals surface area contributed by atoms with Crippen molar-refractivity contribution in [3.8, 4) is 5.75 Å². The molecule has 1 saturated heterocycles. The number of nitrogens with zero attached hydrogens (tertiary/aromatic N) is 1. The van der Waals surface area contributed by atoms with Crippen LogP contribution in [0.3, 0.4) is 0 Å². The van der Waals surface area contributed by atoms with Gasteiger partial charge in [0.2, 0.25) is 0 Å². The number of ether oxygens (including phenoxy) is 2. The van der Waals surface area contributed by atoms with E-state index in [1.165, 1.54) is 0 Å². The zero-order valence-corrected chi connectivity index (χ0v) is 14.3. The van der Waals surface area contributed by atoms with Crippen LogP contribution in [0, 0.1) is 5.92 Å². The van der Waals surface area contributed by atoms with Gasteiger partial charge in [0.1, 0.15) is 18.5 Å². The maximum Gasteiger partial charge on any atom is 0.138 e. The Hall–Kier alpha value is -0.520. The van der Waals surface area contributed by atoms with Gasteiger partial charge in [-0.3, -0.25) is 0 Å². The third-order valence-corrected chi connectivity index (χ3v) is 4.25. The molecule has 1 aromatic rings. The average molecular weight is 348 g/mol. The molecule has 2 atom stereocenters. The second-order valence-corrected chi connectivity index (χ2v) is 6.46. The van der Waals surface area contributed by atoms with Crippen molar-refractivity contribution in [2.24, 2.45) is 5.92 Å². The monoisotopic (exact) mass is 347 g/mol. The predicted octanol–water partition coefficient (Wildman–Crippen LogP) is 3.09. The van der Waals surface area contributed by atoms with Crippen molar-refractivity contribution in [3.05, 3.63) is 28.2 Å². The molecule has 0 amide bonds. The van der Waals surface area contributed by atoms with E-state index in [1.807, 2.05) is 6.92 Å². The zero-order chi connectivity index (χ0) is 15.9. The lowest BCUT2D eigenvalue weighted by Crippen LogP contribution is -2.34. The van der Waals surface area contributed by atoms with Crippen LogP contribution in [0.2, 0.25) is 10.0 Å². The van der Waals surface area contributed by atoms with E-state index in [2.05, 4.69) is 4.90 Å². The summed E-state index contributed by atoms with van der Waals surface area (Å²) in [5, 5.41) is 11.1. The number of hydrogen-bond donors (Lipinski definition) is 1. The molecule has 6 heteroatoms. The molecule has 1 aliphatic rings. The van der Waals surface area contributed by atoms with E-state index in [9.17, 15) is 5.11 Å². The number of halogens is 2. The molecule has 0 saturated carbocycles. The van der Waals surface area contributed by atoms with Gasteiger partial charge in [-0.05, 0) is 44.0 Å². The predicted molar refractivity (Wildman–Crippen MR) is 89.0 cm³/mol. The van der Waals surface area contributed by atoms with Crippen LogP contribution in [0.15, 0.2) is 18.2 Å². The average Bonchev–Trinajstić information content (AvgIpc) is 2.91. The summed E-state index contributed by atoms with van der Waals surface area (Å²) in [6.07, 6.45) is 0.578. The number of hydrogen-bond acceptors (Lipinski definition) is 4. The summed E-state index contributed by atoms with van der Waals surface area (Å²) in [7, 11) is 0. The van der Waals surface area contributed by atoms with Gasteiger partial charge in [-0.15, -0.1) is 0 Å². The van der Waals surface area contributed by atoms with Gasteiger partial charge < -0.3 is 19.5 Å². The number of benzene rings is 1. The molecule has 0 aliphatic carbocycles. The van der Waals surface area contributed by atoms with Crippen LogP contribution in [0.25, 0.3) is 0 Å². The lowest BCUT2D eigenvalue weighted by molar-refractivity contribution is 0.0701. The van der Waals surface area contributed by atoms with E-state index in [-0.39, 0.29) is 6.61 Å². The zero-order valence-electron chi connectivity index (χ0n) is 12.8. The third kappa shape index (κ3) is 5.60. The molecule has 2 rings (SSSR count). The highest BCUT2D eigenvalue weighted by atomic mass is 35.5. The third-order valence-electron chi connectivity index (χ3n) is 3.72. The number of β-amino-alcohol motifs (C(OH)–C–C–N with tert-alkyl or cyclic N) is 1. The summed E-state index contributed by atoms with van der Waals surface area (Å²) in [6.45, 7) is 6.36. The fourth-order valence-corrected chi connectivity index (χ4v) is 3.09. The van der Waals surface area contributed by atoms with Gasteiger partial charge in [0.25, 0.3) is 0 Å². The lowest BCUT2D eigenvalue weighted by atomic mass is 10.1. The number of aliphatic hydroxyl groups excluding tert-OH is 1. The van der Waals surface area contributed by atoms with Gasteiger partial charge in [0.15, 0.2) is 0 Å². The molecule has 1 N–H and O–H groups in total. The van der Waals surface area contributed by atoms with Crippen LogP contribution in [0.4, 0.5) is 0 Å². The second-order valence-electron chi connectivity index (χ2n) is 5.61. The first-order chi connectivity index (χ1) is 10.6. The van der Waals surface area contributed by atoms with Crippen molar-refractivity contribution in [1.82, 2.24) is 4.90 Å². The van der Waals surface area contributed by atoms with Crippen LogP contribution in [0.1, 0.15) is 13.3 Å². The summed E-state index contributed by atoms with van der Waals surface area (Å²) in [6, 6.07) is 5.06. The molecule has 0 radical (unpaired) electrons. The molecule has 0 bridgehead atoms. The van der Waals surface area contributed by atoms with Crippen LogP contribution in [0.5, 0.6) is 5.75 Å².